The minimum absolute atomic E-state index is 0.0252. The van der Waals surface area contributed by atoms with Crippen LogP contribution in [0, 0.1) is 6.92 Å². The summed E-state index contributed by atoms with van der Waals surface area (Å²) >= 11 is 0. The quantitative estimate of drug-likeness (QED) is 0.664. The van der Waals surface area contributed by atoms with Crippen LogP contribution in [0.15, 0.2) is 47.5 Å². The van der Waals surface area contributed by atoms with Gasteiger partial charge < -0.3 is 4.74 Å². The van der Waals surface area contributed by atoms with Crippen LogP contribution >= 0.6 is 0 Å². The van der Waals surface area contributed by atoms with E-state index in [0.717, 1.165) is 11.1 Å². The molecule has 0 saturated heterocycles. The molecule has 1 saturated carbocycles. The molecule has 1 heterocycles. The lowest BCUT2D eigenvalue weighted by molar-refractivity contribution is -0.121. The fourth-order valence-electron chi connectivity index (χ4n) is 3.49. The normalized spacial score (nSPS) is 15.4. The van der Waals surface area contributed by atoms with Crippen molar-refractivity contribution in [1.82, 2.24) is 14.9 Å². The molecule has 0 radical (unpaired) electrons. The van der Waals surface area contributed by atoms with E-state index in [1.165, 1.54) is 12.3 Å². The van der Waals surface area contributed by atoms with E-state index in [9.17, 15) is 13.2 Å². The maximum Gasteiger partial charge on any atom is 0.264 e. The molecule has 1 aliphatic rings. The molecule has 2 N–H and O–H groups in total. The van der Waals surface area contributed by atoms with Crippen molar-refractivity contribution >= 4 is 26.8 Å². The fourth-order valence-corrected chi connectivity index (χ4v) is 4.75. The predicted molar refractivity (Wildman–Crippen MR) is 105 cm³/mol. The van der Waals surface area contributed by atoms with Gasteiger partial charge in [-0.25, -0.2) is 13.1 Å². The molecule has 2 aromatic carbocycles. The number of fused-ring (bicyclic) bond motifs is 1. The Hall–Kier alpha value is -2.87. The van der Waals surface area contributed by atoms with Crippen molar-refractivity contribution in [3.05, 3.63) is 53.7 Å². The number of carbonyl (C=O) groups excluding carboxylic acids is 1. The third kappa shape index (κ3) is 3.03. The van der Waals surface area contributed by atoms with E-state index in [2.05, 4.69) is 14.9 Å². The summed E-state index contributed by atoms with van der Waals surface area (Å²) < 4.78 is 33.8. The maximum atomic E-state index is 13.1. The Morgan fingerprint density at radius 2 is 2.07 bits per heavy atom. The highest BCUT2D eigenvalue weighted by atomic mass is 32.2. The van der Waals surface area contributed by atoms with Crippen LogP contribution in [0.2, 0.25) is 0 Å². The van der Waals surface area contributed by atoms with Gasteiger partial charge >= 0.3 is 0 Å². The molecular weight excluding hydrogens is 378 g/mol. The number of aryl methyl sites for hydroxylation is 1. The molecule has 4 rings (SSSR count). The van der Waals surface area contributed by atoms with Crippen LogP contribution in [-0.4, -0.2) is 31.1 Å². The number of nitrogens with zero attached hydrogens (tertiary/aromatic N) is 1. The van der Waals surface area contributed by atoms with Gasteiger partial charge in [-0.05, 0) is 44.9 Å². The zero-order valence-electron chi connectivity index (χ0n) is 15.7. The maximum absolute atomic E-state index is 13.1. The molecule has 0 spiro atoms. The van der Waals surface area contributed by atoms with Gasteiger partial charge in [-0.15, -0.1) is 0 Å². The molecule has 1 aliphatic carbocycles. The van der Waals surface area contributed by atoms with E-state index >= 15 is 0 Å². The van der Waals surface area contributed by atoms with Crippen molar-refractivity contribution in [2.45, 2.75) is 37.0 Å². The minimum Gasteiger partial charge on any atom is -0.494 e. The number of amides is 1. The lowest BCUT2D eigenvalue weighted by Crippen LogP contribution is -2.39. The molecule has 1 fully saturated rings. The molecule has 3 aromatic rings. The van der Waals surface area contributed by atoms with Gasteiger partial charge in [0.1, 0.15) is 5.75 Å². The summed E-state index contributed by atoms with van der Waals surface area (Å²) in [5, 5.41) is 7.07. The Bertz CT molecular complexity index is 1160. The van der Waals surface area contributed by atoms with Gasteiger partial charge in [0.25, 0.3) is 10.0 Å². The second kappa shape index (κ2) is 6.63. The first-order valence-electron chi connectivity index (χ1n) is 9.11. The standard InChI is InChI=1S/C20H21N3O4S/c1-3-27-17-8-7-13(2)11-15(17)20(9-10-20)19(24)23-28(25,26)18-6-4-5-16-14(18)12-21-22-16/h4-8,11-12H,3,9-10H2,1-2H3,(H,21,22)(H,23,24). The Balaban J connectivity index is 1.69. The van der Waals surface area contributed by atoms with Crippen LogP contribution in [-0.2, 0) is 20.2 Å². The lowest BCUT2D eigenvalue weighted by Gasteiger charge is -2.20. The summed E-state index contributed by atoms with van der Waals surface area (Å²) in [6.07, 6.45) is 2.59. The Kier molecular flexibility index (Phi) is 4.38. The highest BCUT2D eigenvalue weighted by molar-refractivity contribution is 7.90. The van der Waals surface area contributed by atoms with E-state index in [1.54, 1.807) is 12.1 Å². The monoisotopic (exact) mass is 399 g/mol. The number of aromatic nitrogens is 2. The van der Waals surface area contributed by atoms with Gasteiger partial charge in [0.05, 0.1) is 28.6 Å². The van der Waals surface area contributed by atoms with Crippen LogP contribution in [0.4, 0.5) is 0 Å². The highest BCUT2D eigenvalue weighted by Crippen LogP contribution is 2.52. The van der Waals surface area contributed by atoms with E-state index in [4.69, 9.17) is 4.74 Å². The number of hydrogen-bond acceptors (Lipinski definition) is 5. The summed E-state index contributed by atoms with van der Waals surface area (Å²) in [4.78, 5) is 13.1. The molecule has 0 aliphatic heterocycles. The molecule has 0 atom stereocenters. The van der Waals surface area contributed by atoms with Gasteiger partial charge in [0.2, 0.25) is 5.91 Å². The van der Waals surface area contributed by atoms with Crippen LogP contribution in [0.5, 0.6) is 5.75 Å². The van der Waals surface area contributed by atoms with E-state index in [1.807, 2.05) is 32.0 Å². The first kappa shape index (κ1) is 18.5. The minimum atomic E-state index is -4.04. The third-order valence-corrected chi connectivity index (χ3v) is 6.49. The number of ether oxygens (including phenoxy) is 1. The van der Waals surface area contributed by atoms with Crippen LogP contribution in [0.25, 0.3) is 10.9 Å². The van der Waals surface area contributed by atoms with Gasteiger partial charge in [-0.3, -0.25) is 9.89 Å². The number of rotatable bonds is 6. The summed E-state index contributed by atoms with van der Waals surface area (Å²) in [6.45, 7) is 4.28. The van der Waals surface area contributed by atoms with Crippen molar-refractivity contribution < 1.29 is 17.9 Å². The Morgan fingerprint density at radius 3 is 2.79 bits per heavy atom. The van der Waals surface area contributed by atoms with Crippen molar-refractivity contribution in [3.63, 3.8) is 0 Å². The number of carbonyl (C=O) groups is 1. The Morgan fingerprint density at radius 1 is 1.29 bits per heavy atom. The molecule has 28 heavy (non-hydrogen) atoms. The topological polar surface area (TPSA) is 101 Å². The zero-order chi connectivity index (χ0) is 19.9. The first-order chi connectivity index (χ1) is 13.4. The molecule has 7 nitrogen and oxygen atoms in total. The zero-order valence-corrected chi connectivity index (χ0v) is 16.5. The fraction of sp³-hybridized carbons (Fsp3) is 0.300. The van der Waals surface area contributed by atoms with Crippen molar-refractivity contribution in [3.8, 4) is 5.75 Å². The van der Waals surface area contributed by atoms with E-state index < -0.39 is 21.3 Å². The first-order valence-corrected chi connectivity index (χ1v) is 10.6. The van der Waals surface area contributed by atoms with Crippen molar-refractivity contribution in [1.29, 1.82) is 0 Å². The van der Waals surface area contributed by atoms with Crippen LogP contribution in [0.3, 0.4) is 0 Å². The summed E-state index contributed by atoms with van der Waals surface area (Å²) in [7, 11) is -4.04. The number of H-pyrrole nitrogens is 1. The SMILES string of the molecule is CCOc1ccc(C)cc1C1(C(=O)NS(=O)(=O)c2cccc3[nH]ncc23)CC1. The molecule has 1 amide bonds. The molecule has 0 unspecified atom stereocenters. The van der Waals surface area contributed by atoms with E-state index in [0.29, 0.717) is 36.1 Å². The van der Waals surface area contributed by atoms with Crippen LogP contribution < -0.4 is 9.46 Å². The third-order valence-electron chi connectivity index (χ3n) is 5.10. The predicted octanol–water partition coefficient (Wildman–Crippen LogP) is 2.81. The second-order valence-electron chi connectivity index (χ2n) is 7.04. The van der Waals surface area contributed by atoms with Gasteiger partial charge in [0.15, 0.2) is 0 Å². The molecular formula is C20H21N3O4S. The Labute approximate surface area is 163 Å². The molecule has 1 aromatic heterocycles. The number of nitrogens with one attached hydrogen (secondary N) is 2. The summed E-state index contributed by atoms with van der Waals surface area (Å²) in [6, 6.07) is 10.5. The van der Waals surface area contributed by atoms with Gasteiger partial charge in [0, 0.05) is 10.9 Å². The largest absolute Gasteiger partial charge is 0.494 e. The van der Waals surface area contributed by atoms with Crippen molar-refractivity contribution in [2.24, 2.45) is 0 Å². The second-order valence-corrected chi connectivity index (χ2v) is 8.69. The molecule has 146 valence electrons. The summed E-state index contributed by atoms with van der Waals surface area (Å²) in [5.41, 5.74) is 1.44. The number of hydrogen-bond donors (Lipinski definition) is 2. The van der Waals surface area contributed by atoms with Crippen LogP contribution in [0.1, 0.15) is 30.9 Å². The summed E-state index contributed by atoms with van der Waals surface area (Å²) in [5.74, 6) is 0.0923. The average Bonchev–Trinajstić information content (AvgIpc) is 3.33. The van der Waals surface area contributed by atoms with Gasteiger partial charge in [-0.2, -0.15) is 5.10 Å². The number of benzene rings is 2. The lowest BCUT2D eigenvalue weighted by atomic mass is 9.93. The average molecular weight is 399 g/mol. The number of aromatic amines is 1. The van der Waals surface area contributed by atoms with E-state index in [-0.39, 0.29) is 4.90 Å². The molecule has 8 heteroatoms. The molecule has 0 bridgehead atoms. The number of sulfonamides is 1. The smallest absolute Gasteiger partial charge is 0.264 e. The van der Waals surface area contributed by atoms with Crippen molar-refractivity contribution in [2.75, 3.05) is 6.61 Å². The highest BCUT2D eigenvalue weighted by Gasteiger charge is 2.54. The van der Waals surface area contributed by atoms with Gasteiger partial charge in [-0.1, -0.05) is 23.8 Å².